The van der Waals surface area contributed by atoms with Gasteiger partial charge in [-0.25, -0.2) is 9.97 Å². The molecule has 0 amide bonds. The van der Waals surface area contributed by atoms with E-state index in [1.807, 2.05) is 7.05 Å². The van der Waals surface area contributed by atoms with Crippen molar-refractivity contribution in [3.8, 4) is 5.88 Å². The number of hydrogen-bond donors (Lipinski definition) is 1. The van der Waals surface area contributed by atoms with E-state index in [0.29, 0.717) is 18.4 Å². The van der Waals surface area contributed by atoms with Crippen LogP contribution in [0.1, 0.15) is 6.42 Å². The molecular weight excluding hydrogens is 218 g/mol. The van der Waals surface area contributed by atoms with Crippen LogP contribution in [0.2, 0.25) is 0 Å². The van der Waals surface area contributed by atoms with E-state index in [2.05, 4.69) is 20.4 Å². The topological polar surface area (TPSA) is 64.9 Å². The molecule has 0 bridgehead atoms. The lowest BCUT2D eigenvalue weighted by Crippen LogP contribution is -2.16. The van der Waals surface area contributed by atoms with Crippen LogP contribution in [0.15, 0.2) is 12.5 Å². The summed E-state index contributed by atoms with van der Waals surface area (Å²) in [5.41, 5.74) is 0.805. The summed E-state index contributed by atoms with van der Waals surface area (Å²) in [4.78, 5) is 8.35. The Morgan fingerprint density at radius 1 is 1.53 bits per heavy atom. The second-order valence-corrected chi connectivity index (χ2v) is 4.35. The number of rotatable bonds is 3. The van der Waals surface area contributed by atoms with Crippen LogP contribution in [-0.4, -0.2) is 39.4 Å². The predicted octanol–water partition coefficient (Wildman–Crippen LogP) is 0.352. The maximum atomic E-state index is 5.77. The lowest BCUT2D eigenvalue weighted by atomic mass is 10.1. The number of hydrogen-bond acceptors (Lipinski definition) is 5. The third kappa shape index (κ3) is 1.95. The van der Waals surface area contributed by atoms with Gasteiger partial charge >= 0.3 is 0 Å². The molecule has 17 heavy (non-hydrogen) atoms. The van der Waals surface area contributed by atoms with E-state index in [-0.39, 0.29) is 0 Å². The van der Waals surface area contributed by atoms with Gasteiger partial charge in [0.2, 0.25) is 5.88 Å². The molecule has 1 N–H and O–H groups in total. The zero-order valence-electron chi connectivity index (χ0n) is 9.76. The first kappa shape index (κ1) is 10.5. The van der Waals surface area contributed by atoms with Gasteiger partial charge in [-0.2, -0.15) is 5.10 Å². The van der Waals surface area contributed by atoms with Gasteiger partial charge in [0.05, 0.1) is 12.8 Å². The predicted molar refractivity (Wildman–Crippen MR) is 62.8 cm³/mol. The Labute approximate surface area is 99.0 Å². The summed E-state index contributed by atoms with van der Waals surface area (Å²) < 4.78 is 7.50. The lowest BCUT2D eigenvalue weighted by Gasteiger charge is -2.10. The average molecular weight is 233 g/mol. The molecule has 3 heterocycles. The maximum Gasteiger partial charge on any atom is 0.227 e. The van der Waals surface area contributed by atoms with E-state index >= 15 is 0 Å². The van der Waals surface area contributed by atoms with E-state index in [4.69, 9.17) is 4.74 Å². The van der Waals surface area contributed by atoms with E-state index in [9.17, 15) is 0 Å². The smallest absolute Gasteiger partial charge is 0.227 e. The van der Waals surface area contributed by atoms with Crippen molar-refractivity contribution in [2.75, 3.05) is 19.7 Å². The molecular formula is C11H15N5O. The first-order valence-corrected chi connectivity index (χ1v) is 5.81. The van der Waals surface area contributed by atoms with Crippen LogP contribution in [0.5, 0.6) is 5.88 Å². The summed E-state index contributed by atoms with van der Waals surface area (Å²) in [6, 6.07) is 0. The third-order valence-electron chi connectivity index (χ3n) is 3.11. The van der Waals surface area contributed by atoms with Gasteiger partial charge in [0.25, 0.3) is 0 Å². The van der Waals surface area contributed by atoms with Crippen LogP contribution in [0, 0.1) is 5.92 Å². The Morgan fingerprint density at radius 3 is 3.29 bits per heavy atom. The van der Waals surface area contributed by atoms with Crippen LogP contribution in [0.4, 0.5) is 0 Å². The highest BCUT2D eigenvalue weighted by Gasteiger charge is 2.16. The fraction of sp³-hybridized carbons (Fsp3) is 0.545. The SMILES string of the molecule is Cn1ncc2c(OCC3CCNC3)ncnc21. The minimum atomic E-state index is 0.580. The minimum absolute atomic E-state index is 0.580. The van der Waals surface area contributed by atoms with Crippen molar-refractivity contribution in [2.45, 2.75) is 6.42 Å². The number of aryl methyl sites for hydroxylation is 1. The average Bonchev–Trinajstić information content (AvgIpc) is 2.97. The van der Waals surface area contributed by atoms with Gasteiger partial charge in [-0.15, -0.1) is 0 Å². The number of aromatic nitrogens is 4. The summed E-state index contributed by atoms with van der Waals surface area (Å²) in [5, 5.41) is 8.35. The van der Waals surface area contributed by atoms with Gasteiger partial charge in [-0.1, -0.05) is 0 Å². The second-order valence-electron chi connectivity index (χ2n) is 4.35. The molecule has 0 radical (unpaired) electrons. The molecule has 3 rings (SSSR count). The standard InChI is InChI=1S/C11H15N5O/c1-16-10-9(5-15-16)11(14-7-13-10)17-6-8-2-3-12-4-8/h5,7-8,12H,2-4,6H2,1H3. The molecule has 1 aliphatic heterocycles. The molecule has 0 aliphatic carbocycles. The molecule has 2 aromatic rings. The summed E-state index contributed by atoms with van der Waals surface area (Å²) in [6.07, 6.45) is 4.44. The molecule has 0 aromatic carbocycles. The van der Waals surface area contributed by atoms with E-state index < -0.39 is 0 Å². The van der Waals surface area contributed by atoms with Crippen molar-refractivity contribution in [3.05, 3.63) is 12.5 Å². The molecule has 0 spiro atoms. The molecule has 1 unspecified atom stereocenters. The van der Waals surface area contributed by atoms with Crippen LogP contribution in [-0.2, 0) is 7.05 Å². The van der Waals surface area contributed by atoms with Gasteiger partial charge in [0.1, 0.15) is 11.7 Å². The Kier molecular flexibility index (Phi) is 2.64. The summed E-state index contributed by atoms with van der Waals surface area (Å²) in [7, 11) is 1.86. The van der Waals surface area contributed by atoms with Crippen molar-refractivity contribution in [1.82, 2.24) is 25.1 Å². The zero-order chi connectivity index (χ0) is 11.7. The maximum absolute atomic E-state index is 5.77. The molecule has 0 saturated carbocycles. The van der Waals surface area contributed by atoms with Crippen molar-refractivity contribution in [1.29, 1.82) is 0 Å². The van der Waals surface area contributed by atoms with Gasteiger partial charge in [-0.05, 0) is 13.0 Å². The Bertz CT molecular complexity index is 518. The van der Waals surface area contributed by atoms with Crippen molar-refractivity contribution < 1.29 is 4.74 Å². The molecule has 2 aromatic heterocycles. The fourth-order valence-electron chi connectivity index (χ4n) is 2.11. The fourth-order valence-corrected chi connectivity index (χ4v) is 2.11. The molecule has 1 aliphatic rings. The molecule has 1 saturated heterocycles. The molecule has 90 valence electrons. The monoisotopic (exact) mass is 233 g/mol. The van der Waals surface area contributed by atoms with Crippen LogP contribution < -0.4 is 10.1 Å². The van der Waals surface area contributed by atoms with E-state index in [0.717, 1.165) is 24.1 Å². The van der Waals surface area contributed by atoms with Crippen molar-refractivity contribution in [2.24, 2.45) is 13.0 Å². The largest absolute Gasteiger partial charge is 0.477 e. The minimum Gasteiger partial charge on any atom is -0.477 e. The highest BCUT2D eigenvalue weighted by molar-refractivity contribution is 5.79. The molecule has 6 heteroatoms. The number of nitrogens with zero attached hydrogens (tertiary/aromatic N) is 4. The van der Waals surface area contributed by atoms with E-state index in [1.54, 1.807) is 10.9 Å². The number of ether oxygens (including phenoxy) is 1. The van der Waals surface area contributed by atoms with Crippen molar-refractivity contribution >= 4 is 11.0 Å². The second kappa shape index (κ2) is 4.29. The van der Waals surface area contributed by atoms with Gasteiger partial charge < -0.3 is 10.1 Å². The van der Waals surface area contributed by atoms with E-state index in [1.165, 1.54) is 12.7 Å². The third-order valence-corrected chi connectivity index (χ3v) is 3.11. The summed E-state index contributed by atoms with van der Waals surface area (Å²) in [5.74, 6) is 1.21. The summed E-state index contributed by atoms with van der Waals surface area (Å²) >= 11 is 0. The summed E-state index contributed by atoms with van der Waals surface area (Å²) in [6.45, 7) is 2.81. The first-order valence-electron chi connectivity index (χ1n) is 5.81. The highest BCUT2D eigenvalue weighted by Crippen LogP contribution is 2.21. The van der Waals surface area contributed by atoms with Gasteiger partial charge in [-0.3, -0.25) is 4.68 Å². The first-order chi connectivity index (χ1) is 8.34. The van der Waals surface area contributed by atoms with Crippen LogP contribution >= 0.6 is 0 Å². The molecule has 6 nitrogen and oxygen atoms in total. The Morgan fingerprint density at radius 2 is 2.47 bits per heavy atom. The number of nitrogens with one attached hydrogen (secondary N) is 1. The van der Waals surface area contributed by atoms with Crippen molar-refractivity contribution in [3.63, 3.8) is 0 Å². The molecule has 1 fully saturated rings. The van der Waals surface area contributed by atoms with Gasteiger partial charge in [0.15, 0.2) is 5.65 Å². The zero-order valence-corrected chi connectivity index (χ0v) is 9.76. The lowest BCUT2D eigenvalue weighted by molar-refractivity contribution is 0.254. The van der Waals surface area contributed by atoms with Gasteiger partial charge in [0, 0.05) is 19.5 Å². The number of fused-ring (bicyclic) bond motifs is 1. The highest BCUT2D eigenvalue weighted by atomic mass is 16.5. The van der Waals surface area contributed by atoms with Crippen LogP contribution in [0.3, 0.4) is 0 Å². The van der Waals surface area contributed by atoms with Crippen LogP contribution in [0.25, 0.3) is 11.0 Å². The Hall–Kier alpha value is -1.69. The normalized spacial score (nSPS) is 19.9. The molecule has 1 atom stereocenters. The Balaban J connectivity index is 1.79. The quantitative estimate of drug-likeness (QED) is 0.828.